The van der Waals surface area contributed by atoms with Crippen molar-refractivity contribution < 1.29 is 9.90 Å². The normalized spacial score (nSPS) is 21.3. The minimum absolute atomic E-state index is 0.124. The van der Waals surface area contributed by atoms with Crippen molar-refractivity contribution in [2.24, 2.45) is 0 Å². The van der Waals surface area contributed by atoms with Crippen molar-refractivity contribution in [2.75, 3.05) is 13.1 Å². The van der Waals surface area contributed by atoms with E-state index < -0.39 is 6.09 Å². The number of nitrogens with zero attached hydrogens (tertiary/aromatic N) is 4. The minimum atomic E-state index is -0.907. The Labute approximate surface area is 210 Å². The molecule has 4 aromatic rings. The Morgan fingerprint density at radius 1 is 1.19 bits per heavy atom. The first kappa shape index (κ1) is 23.0. The van der Waals surface area contributed by atoms with E-state index in [1.54, 1.807) is 6.33 Å². The van der Waals surface area contributed by atoms with Crippen LogP contribution in [0.3, 0.4) is 0 Å². The fraction of sp³-hybridized carbons (Fsp3) is 0.464. The monoisotopic (exact) mass is 486 g/mol. The van der Waals surface area contributed by atoms with Gasteiger partial charge >= 0.3 is 6.09 Å². The van der Waals surface area contributed by atoms with Crippen molar-refractivity contribution in [3.63, 3.8) is 0 Å². The van der Waals surface area contributed by atoms with Crippen LogP contribution in [0.4, 0.5) is 4.79 Å². The molecule has 0 unspecified atom stereocenters. The molecule has 1 aromatic carbocycles. The summed E-state index contributed by atoms with van der Waals surface area (Å²) in [6.07, 6.45) is 6.94. The molecular formula is C28H34N6O2. The van der Waals surface area contributed by atoms with Crippen LogP contribution in [-0.2, 0) is 0 Å². The first-order valence-corrected chi connectivity index (χ1v) is 13.1. The molecule has 0 radical (unpaired) electrons. The van der Waals surface area contributed by atoms with E-state index in [9.17, 15) is 4.79 Å². The van der Waals surface area contributed by atoms with Gasteiger partial charge in [0.2, 0.25) is 0 Å². The smallest absolute Gasteiger partial charge is 0.404 e. The molecule has 1 saturated carbocycles. The lowest BCUT2D eigenvalue weighted by Crippen LogP contribution is -2.55. The third-order valence-electron chi connectivity index (χ3n) is 8.25. The fourth-order valence-electron chi connectivity index (χ4n) is 6.32. The van der Waals surface area contributed by atoms with Crippen molar-refractivity contribution in [2.45, 2.75) is 70.4 Å². The molecule has 36 heavy (non-hydrogen) atoms. The number of hydrogen-bond donors (Lipinski definition) is 3. The number of nitrogens with one attached hydrogen (secondary N) is 2. The van der Waals surface area contributed by atoms with Crippen LogP contribution in [0.2, 0.25) is 0 Å². The Balaban J connectivity index is 1.24. The highest BCUT2D eigenvalue weighted by Crippen LogP contribution is 2.39. The molecule has 0 spiro atoms. The highest BCUT2D eigenvalue weighted by Gasteiger charge is 2.36. The Kier molecular flexibility index (Phi) is 5.71. The average molecular weight is 487 g/mol. The number of aromatic amines is 1. The number of pyridine rings is 1. The highest BCUT2D eigenvalue weighted by molar-refractivity contribution is 5.92. The van der Waals surface area contributed by atoms with Gasteiger partial charge in [0.1, 0.15) is 6.33 Å². The maximum Gasteiger partial charge on any atom is 0.404 e. The number of aryl methyl sites for hydroxylation is 1. The van der Waals surface area contributed by atoms with Crippen LogP contribution < -0.4 is 5.32 Å². The molecule has 1 saturated heterocycles. The van der Waals surface area contributed by atoms with Gasteiger partial charge in [-0.05, 0) is 92.4 Å². The van der Waals surface area contributed by atoms with Gasteiger partial charge in [-0.1, -0.05) is 19.9 Å². The summed E-state index contributed by atoms with van der Waals surface area (Å²) in [4.78, 5) is 21.5. The van der Waals surface area contributed by atoms with E-state index in [1.165, 1.54) is 27.7 Å². The third-order valence-corrected chi connectivity index (χ3v) is 8.25. The third kappa shape index (κ3) is 4.03. The summed E-state index contributed by atoms with van der Waals surface area (Å²) in [5, 5.41) is 17.2. The molecule has 1 amide bonds. The van der Waals surface area contributed by atoms with E-state index >= 15 is 0 Å². The van der Waals surface area contributed by atoms with Gasteiger partial charge in [0.25, 0.3) is 0 Å². The van der Waals surface area contributed by atoms with Crippen molar-refractivity contribution in [1.29, 1.82) is 0 Å². The molecule has 3 N–H and O–H groups in total. The number of hydrogen-bond acceptors (Lipinski definition) is 4. The Hall–Kier alpha value is -3.39. The topological polar surface area (TPSA) is 98.5 Å². The number of aromatic nitrogens is 4. The van der Waals surface area contributed by atoms with Crippen molar-refractivity contribution in [3.05, 3.63) is 53.5 Å². The Morgan fingerprint density at radius 3 is 2.69 bits per heavy atom. The lowest BCUT2D eigenvalue weighted by molar-refractivity contribution is 0.0721. The standard InChI is InChI=1S/C28H34N6O2/c1-16(2)25-23-11-19(18-6-8-33(9-7-18)22-12-21(13-22)31-28(35)36)4-5-24(23)32-26(25)20-10-17(3)27-29-15-30-34(27)14-20/h4-5,10-11,14-16,18,21-22,31-32H,6-9,12-13H2,1-3H3,(H,35,36). The second kappa shape index (κ2) is 8.92. The average Bonchev–Trinajstić information content (AvgIpc) is 3.45. The molecule has 1 aliphatic heterocycles. The first-order valence-electron chi connectivity index (χ1n) is 13.1. The molecule has 0 atom stereocenters. The molecule has 3 aromatic heterocycles. The van der Waals surface area contributed by atoms with Gasteiger partial charge in [-0.3, -0.25) is 0 Å². The SMILES string of the molecule is Cc1cc(-c2[nH]c3ccc(C4CCN(C5CC(NC(=O)O)C5)CC4)cc3c2C(C)C)cn2ncnc12. The molecule has 4 heterocycles. The second-order valence-corrected chi connectivity index (χ2v) is 10.9. The summed E-state index contributed by atoms with van der Waals surface area (Å²) < 4.78 is 1.86. The number of likely N-dealkylation sites (tertiary alicyclic amines) is 1. The molecule has 2 aliphatic rings. The van der Waals surface area contributed by atoms with Gasteiger partial charge in [-0.15, -0.1) is 0 Å². The predicted octanol–water partition coefficient (Wildman–Crippen LogP) is 5.29. The van der Waals surface area contributed by atoms with E-state index in [-0.39, 0.29) is 6.04 Å². The number of rotatable bonds is 5. The molecule has 1 aliphatic carbocycles. The minimum Gasteiger partial charge on any atom is -0.465 e. The molecule has 188 valence electrons. The van der Waals surface area contributed by atoms with Crippen LogP contribution in [0.5, 0.6) is 0 Å². The van der Waals surface area contributed by atoms with Gasteiger partial charge in [0.05, 0.1) is 5.69 Å². The van der Waals surface area contributed by atoms with Crippen LogP contribution in [0.1, 0.15) is 68.1 Å². The van der Waals surface area contributed by atoms with Crippen LogP contribution in [0.25, 0.3) is 27.8 Å². The van der Waals surface area contributed by atoms with Gasteiger partial charge in [-0.25, -0.2) is 14.3 Å². The maximum absolute atomic E-state index is 10.8. The zero-order valence-corrected chi connectivity index (χ0v) is 21.2. The zero-order valence-electron chi connectivity index (χ0n) is 21.2. The van der Waals surface area contributed by atoms with Crippen molar-refractivity contribution in [3.8, 4) is 11.3 Å². The fourth-order valence-corrected chi connectivity index (χ4v) is 6.32. The van der Waals surface area contributed by atoms with Gasteiger partial charge in [0, 0.05) is 34.7 Å². The second-order valence-electron chi connectivity index (χ2n) is 10.9. The highest BCUT2D eigenvalue weighted by atomic mass is 16.4. The summed E-state index contributed by atoms with van der Waals surface area (Å²) >= 11 is 0. The van der Waals surface area contributed by atoms with E-state index in [4.69, 9.17) is 5.11 Å². The van der Waals surface area contributed by atoms with E-state index in [0.717, 1.165) is 55.5 Å². The number of H-pyrrole nitrogens is 1. The largest absolute Gasteiger partial charge is 0.465 e. The van der Waals surface area contributed by atoms with Crippen LogP contribution in [0.15, 0.2) is 36.8 Å². The summed E-state index contributed by atoms with van der Waals surface area (Å²) in [7, 11) is 0. The quantitative estimate of drug-likeness (QED) is 0.356. The lowest BCUT2D eigenvalue weighted by Gasteiger charge is -2.45. The van der Waals surface area contributed by atoms with E-state index in [1.807, 2.05) is 4.52 Å². The molecule has 6 rings (SSSR count). The molecule has 8 nitrogen and oxygen atoms in total. The van der Waals surface area contributed by atoms with Crippen molar-refractivity contribution in [1.82, 2.24) is 29.8 Å². The van der Waals surface area contributed by atoms with Gasteiger partial charge in [0.15, 0.2) is 5.65 Å². The van der Waals surface area contributed by atoms with Crippen LogP contribution in [-0.4, -0.2) is 60.9 Å². The van der Waals surface area contributed by atoms with E-state index in [2.05, 4.69) is 76.5 Å². The van der Waals surface area contributed by atoms with Crippen LogP contribution in [0, 0.1) is 6.92 Å². The Morgan fingerprint density at radius 2 is 1.97 bits per heavy atom. The van der Waals surface area contributed by atoms with Crippen LogP contribution >= 0.6 is 0 Å². The number of carboxylic acid groups (broad SMARTS) is 1. The summed E-state index contributed by atoms with van der Waals surface area (Å²) in [6, 6.07) is 9.82. The van der Waals surface area contributed by atoms with Crippen molar-refractivity contribution >= 4 is 22.6 Å². The van der Waals surface area contributed by atoms with E-state index in [0.29, 0.717) is 17.9 Å². The maximum atomic E-state index is 10.8. The summed E-state index contributed by atoms with van der Waals surface area (Å²) in [5.74, 6) is 0.939. The summed E-state index contributed by atoms with van der Waals surface area (Å²) in [5.41, 5.74) is 8.27. The molecule has 2 fully saturated rings. The number of benzene rings is 1. The zero-order chi connectivity index (χ0) is 25.0. The summed E-state index contributed by atoms with van der Waals surface area (Å²) in [6.45, 7) is 8.79. The Bertz CT molecular complexity index is 1420. The molecule has 8 heteroatoms. The van der Waals surface area contributed by atoms with Gasteiger partial charge in [-0.2, -0.15) is 5.10 Å². The number of piperidine rings is 1. The number of fused-ring (bicyclic) bond motifs is 2. The van der Waals surface area contributed by atoms with Gasteiger partial charge < -0.3 is 20.3 Å². The predicted molar refractivity (Wildman–Crippen MR) is 141 cm³/mol. The number of amides is 1. The molecule has 0 bridgehead atoms. The number of carbonyl (C=O) groups is 1. The lowest BCUT2D eigenvalue weighted by atomic mass is 9.82. The first-order chi connectivity index (χ1) is 17.4. The molecular weight excluding hydrogens is 452 g/mol.